The number of benzene rings is 1. The van der Waals surface area contributed by atoms with Crippen LogP contribution in [0.15, 0.2) is 18.2 Å². The molecule has 1 aliphatic carbocycles. The van der Waals surface area contributed by atoms with Gasteiger partial charge in [-0.25, -0.2) is 0 Å². The van der Waals surface area contributed by atoms with Crippen LogP contribution in [-0.4, -0.2) is 37.1 Å². The fourth-order valence-electron chi connectivity index (χ4n) is 3.04. The molecular weight excluding hydrogens is 234 g/mol. The lowest BCUT2D eigenvalue weighted by atomic mass is 10.1. The maximum absolute atomic E-state index is 3.60. The smallest absolute Gasteiger partial charge is 0.0419 e. The van der Waals surface area contributed by atoms with Crippen LogP contribution in [0.4, 0.5) is 5.69 Å². The molecule has 2 N–H and O–H groups in total. The van der Waals surface area contributed by atoms with E-state index in [1.165, 1.54) is 49.2 Å². The summed E-state index contributed by atoms with van der Waals surface area (Å²) >= 11 is 0. The zero-order chi connectivity index (χ0) is 13.1. The lowest BCUT2D eigenvalue weighted by molar-refractivity contribution is 0.277. The normalized spacial score (nSPS) is 17.6. The van der Waals surface area contributed by atoms with Crippen LogP contribution in [0.1, 0.15) is 30.9 Å². The van der Waals surface area contributed by atoms with Gasteiger partial charge in [0.2, 0.25) is 0 Å². The summed E-state index contributed by atoms with van der Waals surface area (Å²) in [6.07, 6.45) is 3.99. The van der Waals surface area contributed by atoms with Crippen LogP contribution in [0.3, 0.4) is 0 Å². The van der Waals surface area contributed by atoms with Crippen LogP contribution in [0.25, 0.3) is 0 Å². The molecule has 1 heterocycles. The highest BCUT2D eigenvalue weighted by atomic mass is 15.2. The van der Waals surface area contributed by atoms with Crippen molar-refractivity contribution in [2.75, 3.05) is 31.5 Å². The van der Waals surface area contributed by atoms with Crippen molar-refractivity contribution in [1.29, 1.82) is 0 Å². The van der Waals surface area contributed by atoms with E-state index in [9.17, 15) is 0 Å². The quantitative estimate of drug-likeness (QED) is 0.735. The van der Waals surface area contributed by atoms with Gasteiger partial charge in [0.05, 0.1) is 0 Å². The van der Waals surface area contributed by atoms with Crippen molar-refractivity contribution >= 4 is 5.69 Å². The third-order valence-corrected chi connectivity index (χ3v) is 4.29. The number of hydrogen-bond acceptors (Lipinski definition) is 3. The fraction of sp³-hybridized carbons (Fsp3) is 0.625. The highest BCUT2D eigenvalue weighted by Crippen LogP contribution is 2.27. The van der Waals surface area contributed by atoms with Crippen molar-refractivity contribution in [2.45, 2.75) is 38.8 Å². The van der Waals surface area contributed by atoms with Crippen LogP contribution in [0.5, 0.6) is 0 Å². The number of fused-ring (bicyclic) bond motifs is 1. The van der Waals surface area contributed by atoms with E-state index in [0.29, 0.717) is 0 Å². The Labute approximate surface area is 116 Å². The molecule has 0 amide bonds. The molecule has 0 atom stereocenters. The van der Waals surface area contributed by atoms with Crippen molar-refractivity contribution in [3.05, 3.63) is 29.3 Å². The van der Waals surface area contributed by atoms with Gasteiger partial charge in [-0.05, 0) is 36.9 Å². The van der Waals surface area contributed by atoms with Crippen molar-refractivity contribution in [2.24, 2.45) is 0 Å². The molecule has 0 bridgehead atoms. The summed E-state index contributed by atoms with van der Waals surface area (Å²) in [7, 11) is 0. The number of anilines is 1. The number of nitrogens with zero attached hydrogens (tertiary/aromatic N) is 1. The first-order valence-electron chi connectivity index (χ1n) is 7.68. The van der Waals surface area contributed by atoms with E-state index in [-0.39, 0.29) is 0 Å². The Kier molecular flexibility index (Phi) is 4.04. The molecule has 104 valence electrons. The molecule has 1 fully saturated rings. The van der Waals surface area contributed by atoms with Gasteiger partial charge in [0.1, 0.15) is 0 Å². The first kappa shape index (κ1) is 12.9. The minimum Gasteiger partial charge on any atom is -0.384 e. The average molecular weight is 259 g/mol. The summed E-state index contributed by atoms with van der Waals surface area (Å²) in [5.74, 6) is 0. The highest BCUT2D eigenvalue weighted by molar-refractivity contribution is 5.61. The van der Waals surface area contributed by atoms with Gasteiger partial charge in [-0.15, -0.1) is 0 Å². The summed E-state index contributed by atoms with van der Waals surface area (Å²) in [6.45, 7) is 7.81. The molecule has 0 spiro atoms. The Morgan fingerprint density at radius 1 is 1.37 bits per heavy atom. The predicted molar refractivity (Wildman–Crippen MR) is 80.6 cm³/mol. The first-order chi connectivity index (χ1) is 9.38. The molecule has 3 heteroatoms. The van der Waals surface area contributed by atoms with Gasteiger partial charge in [0.25, 0.3) is 0 Å². The van der Waals surface area contributed by atoms with E-state index < -0.39 is 0 Å². The number of nitrogens with one attached hydrogen (secondary N) is 2. The van der Waals surface area contributed by atoms with Gasteiger partial charge < -0.3 is 10.6 Å². The Morgan fingerprint density at radius 3 is 3.05 bits per heavy atom. The molecular formula is C16H25N3. The Balaban J connectivity index is 1.46. The monoisotopic (exact) mass is 259 g/mol. The number of likely N-dealkylation sites (N-methyl/N-ethyl adjacent to an activating group) is 1. The van der Waals surface area contributed by atoms with E-state index in [1.807, 2.05) is 0 Å². The number of hydrogen-bond donors (Lipinski definition) is 2. The van der Waals surface area contributed by atoms with Gasteiger partial charge in [0, 0.05) is 37.9 Å². The Bertz CT molecular complexity index is 426. The van der Waals surface area contributed by atoms with E-state index in [2.05, 4.69) is 40.7 Å². The van der Waals surface area contributed by atoms with Crippen molar-refractivity contribution < 1.29 is 0 Å². The van der Waals surface area contributed by atoms with Crippen LogP contribution in [0.2, 0.25) is 0 Å². The zero-order valence-corrected chi connectivity index (χ0v) is 11.9. The predicted octanol–water partition coefficient (Wildman–Crippen LogP) is 2.23. The molecule has 0 radical (unpaired) electrons. The highest BCUT2D eigenvalue weighted by Gasteiger charge is 2.27. The zero-order valence-electron chi connectivity index (χ0n) is 11.9. The molecule has 2 aliphatic rings. The second kappa shape index (κ2) is 5.93. The standard InChI is InChI=1S/C16H25N3/c1-2-19(15-6-7-15)11-10-17-12-14-5-3-4-13-8-9-18-16(13)14/h3-5,15,17-18H,2,6-12H2,1H3. The SMILES string of the molecule is CCN(CCNCc1cccc2c1NCC2)C1CC1. The average Bonchev–Trinajstić information content (AvgIpc) is 3.15. The van der Waals surface area contributed by atoms with E-state index in [1.54, 1.807) is 0 Å². The van der Waals surface area contributed by atoms with Crippen LogP contribution >= 0.6 is 0 Å². The lowest BCUT2D eigenvalue weighted by Gasteiger charge is -2.20. The molecule has 0 unspecified atom stereocenters. The molecule has 1 aromatic rings. The van der Waals surface area contributed by atoms with Crippen molar-refractivity contribution in [3.8, 4) is 0 Å². The summed E-state index contributed by atoms with van der Waals surface area (Å²) < 4.78 is 0. The van der Waals surface area contributed by atoms with Gasteiger partial charge in [-0.1, -0.05) is 25.1 Å². The van der Waals surface area contributed by atoms with Gasteiger partial charge in [0.15, 0.2) is 0 Å². The Hall–Kier alpha value is -1.06. The third kappa shape index (κ3) is 3.10. The van der Waals surface area contributed by atoms with E-state index in [0.717, 1.165) is 25.7 Å². The van der Waals surface area contributed by atoms with E-state index in [4.69, 9.17) is 0 Å². The number of para-hydroxylation sites is 1. The van der Waals surface area contributed by atoms with Crippen LogP contribution in [0, 0.1) is 0 Å². The van der Waals surface area contributed by atoms with Gasteiger partial charge in [-0.2, -0.15) is 0 Å². The second-order valence-corrected chi connectivity index (χ2v) is 5.66. The molecule has 0 saturated heterocycles. The summed E-state index contributed by atoms with van der Waals surface area (Å²) in [4.78, 5) is 2.60. The van der Waals surface area contributed by atoms with Gasteiger partial charge >= 0.3 is 0 Å². The van der Waals surface area contributed by atoms with Crippen LogP contribution in [-0.2, 0) is 13.0 Å². The Morgan fingerprint density at radius 2 is 2.26 bits per heavy atom. The molecule has 19 heavy (non-hydrogen) atoms. The topological polar surface area (TPSA) is 27.3 Å². The molecule has 3 rings (SSSR count). The van der Waals surface area contributed by atoms with Gasteiger partial charge in [-0.3, -0.25) is 4.90 Å². The van der Waals surface area contributed by atoms with Crippen molar-refractivity contribution in [3.63, 3.8) is 0 Å². The minimum atomic E-state index is 0.884. The third-order valence-electron chi connectivity index (χ3n) is 4.29. The summed E-state index contributed by atoms with van der Waals surface area (Å²) in [5.41, 5.74) is 4.28. The molecule has 1 aromatic carbocycles. The molecule has 1 saturated carbocycles. The first-order valence-corrected chi connectivity index (χ1v) is 7.68. The van der Waals surface area contributed by atoms with Crippen molar-refractivity contribution in [1.82, 2.24) is 10.2 Å². The maximum Gasteiger partial charge on any atom is 0.0419 e. The molecule has 0 aromatic heterocycles. The second-order valence-electron chi connectivity index (χ2n) is 5.66. The summed E-state index contributed by atoms with van der Waals surface area (Å²) in [5, 5.41) is 7.10. The number of rotatable bonds is 7. The largest absolute Gasteiger partial charge is 0.384 e. The maximum atomic E-state index is 3.60. The lowest BCUT2D eigenvalue weighted by Crippen LogP contribution is -2.33. The minimum absolute atomic E-state index is 0.884. The molecule has 1 aliphatic heterocycles. The fourth-order valence-corrected chi connectivity index (χ4v) is 3.04. The summed E-state index contributed by atoms with van der Waals surface area (Å²) in [6, 6.07) is 7.55. The van der Waals surface area contributed by atoms with Crippen LogP contribution < -0.4 is 10.6 Å². The molecule has 3 nitrogen and oxygen atoms in total. The van der Waals surface area contributed by atoms with E-state index >= 15 is 0 Å².